The molecule has 2 amide bonds. The first kappa shape index (κ1) is 17.0. The summed E-state index contributed by atoms with van der Waals surface area (Å²) in [6.45, 7) is 1.82. The van der Waals surface area contributed by atoms with E-state index in [1.807, 2.05) is 19.1 Å². The maximum absolute atomic E-state index is 11.8. The van der Waals surface area contributed by atoms with Gasteiger partial charge in [0.15, 0.2) is 0 Å². The molecule has 0 aliphatic rings. The number of rotatable bonds is 4. The largest absolute Gasteiger partial charge is 0.387 e. The Morgan fingerprint density at radius 3 is 2.39 bits per heavy atom. The molecular formula is C17H17ClN2O3. The highest BCUT2D eigenvalue weighted by atomic mass is 35.5. The number of nitrogens with one attached hydrogen (secondary N) is 2. The zero-order chi connectivity index (χ0) is 16.8. The van der Waals surface area contributed by atoms with Crippen molar-refractivity contribution in [2.45, 2.75) is 13.0 Å². The summed E-state index contributed by atoms with van der Waals surface area (Å²) in [5, 5.41) is 15.3. The Bertz CT molecular complexity index is 701. The standard InChI is InChI=1S/C17H17ClN2O3/c1-11-6-8-12(9-7-11)20-17(23)16(22)19-10-15(21)13-4-2-3-5-14(13)18/h2-9,15,21H,10H2,1H3,(H,19,22)(H,20,23). The fourth-order valence-corrected chi connectivity index (χ4v) is 2.21. The molecule has 0 fully saturated rings. The Kier molecular flexibility index (Phi) is 5.73. The predicted molar refractivity (Wildman–Crippen MR) is 89.2 cm³/mol. The number of benzene rings is 2. The first-order valence-electron chi connectivity index (χ1n) is 7.05. The molecule has 0 aromatic heterocycles. The smallest absolute Gasteiger partial charge is 0.313 e. The zero-order valence-corrected chi connectivity index (χ0v) is 13.3. The summed E-state index contributed by atoms with van der Waals surface area (Å²) in [7, 11) is 0. The van der Waals surface area contributed by atoms with Gasteiger partial charge in [-0.25, -0.2) is 0 Å². The number of hydrogen-bond acceptors (Lipinski definition) is 3. The molecule has 3 N–H and O–H groups in total. The van der Waals surface area contributed by atoms with Gasteiger partial charge in [0, 0.05) is 22.8 Å². The number of aliphatic hydroxyl groups is 1. The molecule has 1 unspecified atom stereocenters. The van der Waals surface area contributed by atoms with Crippen LogP contribution in [0.15, 0.2) is 48.5 Å². The van der Waals surface area contributed by atoms with Crippen molar-refractivity contribution in [1.29, 1.82) is 0 Å². The highest BCUT2D eigenvalue weighted by Crippen LogP contribution is 2.21. The van der Waals surface area contributed by atoms with Crippen molar-refractivity contribution in [2.75, 3.05) is 11.9 Å². The number of anilines is 1. The van der Waals surface area contributed by atoms with E-state index in [4.69, 9.17) is 11.6 Å². The van der Waals surface area contributed by atoms with Crippen LogP contribution in [-0.4, -0.2) is 23.5 Å². The van der Waals surface area contributed by atoms with Crippen molar-refractivity contribution >= 4 is 29.1 Å². The normalized spacial score (nSPS) is 11.6. The molecule has 2 aromatic carbocycles. The first-order valence-corrected chi connectivity index (χ1v) is 7.43. The average Bonchev–Trinajstić information content (AvgIpc) is 2.54. The van der Waals surface area contributed by atoms with E-state index < -0.39 is 17.9 Å². The quantitative estimate of drug-likeness (QED) is 0.752. The Labute approximate surface area is 139 Å². The van der Waals surface area contributed by atoms with Crippen LogP contribution < -0.4 is 10.6 Å². The first-order chi connectivity index (χ1) is 11.0. The molecule has 6 heteroatoms. The zero-order valence-electron chi connectivity index (χ0n) is 12.5. The second-order valence-corrected chi connectivity index (χ2v) is 5.47. The van der Waals surface area contributed by atoms with Gasteiger partial charge in [-0.1, -0.05) is 47.5 Å². The van der Waals surface area contributed by atoms with Crippen LogP contribution in [0.5, 0.6) is 0 Å². The van der Waals surface area contributed by atoms with Gasteiger partial charge in [0.2, 0.25) is 0 Å². The van der Waals surface area contributed by atoms with Crippen LogP contribution in [0.25, 0.3) is 0 Å². The lowest BCUT2D eigenvalue weighted by molar-refractivity contribution is -0.136. The number of aliphatic hydroxyl groups excluding tert-OH is 1. The van der Waals surface area contributed by atoms with Gasteiger partial charge in [0.25, 0.3) is 0 Å². The lowest BCUT2D eigenvalue weighted by atomic mass is 10.1. The van der Waals surface area contributed by atoms with E-state index in [2.05, 4.69) is 10.6 Å². The molecule has 2 aromatic rings. The van der Waals surface area contributed by atoms with Crippen molar-refractivity contribution in [3.05, 3.63) is 64.7 Å². The molecule has 0 bridgehead atoms. The van der Waals surface area contributed by atoms with Crippen LogP contribution in [0.3, 0.4) is 0 Å². The van der Waals surface area contributed by atoms with Crippen molar-refractivity contribution in [3.8, 4) is 0 Å². The molecule has 120 valence electrons. The molecule has 1 atom stereocenters. The van der Waals surface area contributed by atoms with Gasteiger partial charge >= 0.3 is 11.8 Å². The molecule has 0 spiro atoms. The van der Waals surface area contributed by atoms with Crippen LogP contribution in [0.4, 0.5) is 5.69 Å². The maximum Gasteiger partial charge on any atom is 0.313 e. The van der Waals surface area contributed by atoms with Gasteiger partial charge in [0.1, 0.15) is 0 Å². The summed E-state index contributed by atoms with van der Waals surface area (Å²) < 4.78 is 0. The van der Waals surface area contributed by atoms with Gasteiger partial charge in [-0.05, 0) is 25.1 Å². The van der Waals surface area contributed by atoms with Crippen molar-refractivity contribution in [3.63, 3.8) is 0 Å². The predicted octanol–water partition coefficient (Wildman–Crippen LogP) is 2.44. The van der Waals surface area contributed by atoms with Crippen LogP contribution in [0.2, 0.25) is 5.02 Å². The lowest BCUT2D eigenvalue weighted by Gasteiger charge is -2.13. The summed E-state index contributed by atoms with van der Waals surface area (Å²) in [6.07, 6.45) is -0.986. The van der Waals surface area contributed by atoms with Gasteiger partial charge in [-0.3, -0.25) is 9.59 Å². The monoisotopic (exact) mass is 332 g/mol. The SMILES string of the molecule is Cc1ccc(NC(=O)C(=O)NCC(O)c2ccccc2Cl)cc1. The molecule has 0 aliphatic heterocycles. The summed E-state index contributed by atoms with van der Waals surface area (Å²) >= 11 is 5.97. The highest BCUT2D eigenvalue weighted by Gasteiger charge is 2.17. The van der Waals surface area contributed by atoms with Gasteiger partial charge in [0.05, 0.1) is 6.10 Å². The number of aryl methyl sites for hydroxylation is 1. The Balaban J connectivity index is 1.87. The third-order valence-corrected chi connectivity index (χ3v) is 3.58. The van der Waals surface area contributed by atoms with Gasteiger partial charge < -0.3 is 15.7 Å². The topological polar surface area (TPSA) is 78.4 Å². The summed E-state index contributed by atoms with van der Waals surface area (Å²) in [5.74, 6) is -1.61. The lowest BCUT2D eigenvalue weighted by Crippen LogP contribution is -2.37. The van der Waals surface area contributed by atoms with Crippen LogP contribution >= 0.6 is 11.6 Å². The van der Waals surface area contributed by atoms with Crippen molar-refractivity contribution in [2.24, 2.45) is 0 Å². The second kappa shape index (κ2) is 7.76. The van der Waals surface area contributed by atoms with E-state index in [-0.39, 0.29) is 6.54 Å². The minimum absolute atomic E-state index is 0.107. The van der Waals surface area contributed by atoms with E-state index in [1.165, 1.54) is 0 Å². The third-order valence-electron chi connectivity index (χ3n) is 3.24. The minimum atomic E-state index is -0.986. The van der Waals surface area contributed by atoms with Crippen molar-refractivity contribution < 1.29 is 14.7 Å². The molecule has 0 heterocycles. The van der Waals surface area contributed by atoms with E-state index in [0.717, 1.165) is 5.56 Å². The van der Waals surface area contributed by atoms with E-state index in [9.17, 15) is 14.7 Å². The molecule has 23 heavy (non-hydrogen) atoms. The molecule has 0 saturated heterocycles. The Morgan fingerprint density at radius 2 is 1.74 bits per heavy atom. The Morgan fingerprint density at radius 1 is 1.09 bits per heavy atom. The fourth-order valence-electron chi connectivity index (χ4n) is 1.95. The summed E-state index contributed by atoms with van der Waals surface area (Å²) in [6, 6.07) is 13.8. The van der Waals surface area contributed by atoms with Crippen LogP contribution in [-0.2, 0) is 9.59 Å². The van der Waals surface area contributed by atoms with Gasteiger partial charge in [-0.2, -0.15) is 0 Å². The number of carbonyl (C=O) groups excluding carboxylic acids is 2. The van der Waals surface area contributed by atoms with Crippen LogP contribution in [0, 0.1) is 6.92 Å². The number of amides is 2. The molecule has 0 saturated carbocycles. The number of halogens is 1. The maximum atomic E-state index is 11.8. The second-order valence-electron chi connectivity index (χ2n) is 5.07. The number of carbonyl (C=O) groups is 2. The van der Waals surface area contributed by atoms with E-state index >= 15 is 0 Å². The van der Waals surface area contributed by atoms with Crippen LogP contribution in [0.1, 0.15) is 17.2 Å². The third kappa shape index (κ3) is 4.81. The molecular weight excluding hydrogens is 316 g/mol. The van der Waals surface area contributed by atoms with Crippen molar-refractivity contribution in [1.82, 2.24) is 5.32 Å². The molecule has 0 radical (unpaired) electrons. The van der Waals surface area contributed by atoms with E-state index in [0.29, 0.717) is 16.3 Å². The molecule has 0 aliphatic carbocycles. The number of hydrogen-bond donors (Lipinski definition) is 3. The summed E-state index contributed by atoms with van der Waals surface area (Å²) in [5.41, 5.74) is 2.08. The van der Waals surface area contributed by atoms with Gasteiger partial charge in [-0.15, -0.1) is 0 Å². The Hall–Kier alpha value is -2.37. The summed E-state index contributed by atoms with van der Waals surface area (Å²) in [4.78, 5) is 23.6. The fraction of sp³-hybridized carbons (Fsp3) is 0.176. The minimum Gasteiger partial charge on any atom is -0.387 e. The highest BCUT2D eigenvalue weighted by molar-refractivity contribution is 6.39. The molecule has 2 rings (SSSR count). The van der Waals surface area contributed by atoms with E-state index in [1.54, 1.807) is 36.4 Å². The average molecular weight is 333 g/mol. The molecule has 5 nitrogen and oxygen atoms in total.